The molecule has 1 aliphatic rings. The number of nitrogens with two attached hydrogens (primary N) is 1. The molecular weight excluding hydrogens is 218 g/mol. The lowest BCUT2D eigenvalue weighted by atomic mass is 9.86. The zero-order chi connectivity index (χ0) is 13.3. The molecule has 5 nitrogen and oxygen atoms in total. The lowest BCUT2D eigenvalue weighted by molar-refractivity contribution is -0.197. The van der Waals surface area contributed by atoms with Crippen molar-refractivity contribution in [1.29, 1.82) is 0 Å². The highest BCUT2D eigenvalue weighted by molar-refractivity contribution is 5.80. The Kier molecular flexibility index (Phi) is 4.17. The van der Waals surface area contributed by atoms with E-state index in [1.165, 1.54) is 5.06 Å². The third-order valence-corrected chi connectivity index (χ3v) is 3.67. The maximum Gasteiger partial charge on any atom is 0.225 e. The van der Waals surface area contributed by atoms with Gasteiger partial charge in [-0.3, -0.25) is 4.79 Å². The van der Waals surface area contributed by atoms with Crippen molar-refractivity contribution in [2.24, 2.45) is 11.7 Å². The van der Waals surface area contributed by atoms with Gasteiger partial charge >= 0.3 is 0 Å². The van der Waals surface area contributed by atoms with Gasteiger partial charge in [-0.15, -0.1) is 0 Å². The minimum Gasteiger partial charge on any atom is -0.356 e. The summed E-state index contributed by atoms with van der Waals surface area (Å²) in [6.45, 7) is 8.87. The van der Waals surface area contributed by atoms with Gasteiger partial charge < -0.3 is 16.3 Å². The van der Waals surface area contributed by atoms with E-state index in [0.717, 1.165) is 6.42 Å². The van der Waals surface area contributed by atoms with Crippen LogP contribution in [0.1, 0.15) is 40.5 Å². The first kappa shape index (κ1) is 14.4. The Morgan fingerprint density at radius 2 is 2.06 bits per heavy atom. The van der Waals surface area contributed by atoms with Gasteiger partial charge in [0.2, 0.25) is 5.91 Å². The highest BCUT2D eigenvalue weighted by Crippen LogP contribution is 2.43. The zero-order valence-corrected chi connectivity index (χ0v) is 11.3. The highest BCUT2D eigenvalue weighted by Gasteiger charge is 2.53. The third kappa shape index (κ3) is 2.78. The first-order valence-corrected chi connectivity index (χ1v) is 6.20. The van der Waals surface area contributed by atoms with Gasteiger partial charge in [0.25, 0.3) is 0 Å². The van der Waals surface area contributed by atoms with Crippen molar-refractivity contribution in [3.8, 4) is 0 Å². The monoisotopic (exact) mass is 243 g/mol. The highest BCUT2D eigenvalue weighted by atomic mass is 16.5. The predicted molar refractivity (Wildman–Crippen MR) is 66.6 cm³/mol. The Morgan fingerprint density at radius 3 is 2.47 bits per heavy atom. The summed E-state index contributed by atoms with van der Waals surface area (Å²) in [7, 11) is 0. The van der Waals surface area contributed by atoms with Gasteiger partial charge in [-0.05, 0) is 47.1 Å². The van der Waals surface area contributed by atoms with Crippen molar-refractivity contribution < 1.29 is 10.0 Å². The lowest BCUT2D eigenvalue weighted by Crippen LogP contribution is -2.50. The van der Waals surface area contributed by atoms with E-state index < -0.39 is 5.54 Å². The number of carbonyl (C=O) groups excluding carboxylic acids is 1. The molecule has 5 heteroatoms. The quantitative estimate of drug-likeness (QED) is 0.636. The number of nitrogens with one attached hydrogen (secondary N) is 1. The van der Waals surface area contributed by atoms with Gasteiger partial charge in [0.05, 0.1) is 11.5 Å². The summed E-state index contributed by atoms with van der Waals surface area (Å²) in [5, 5.41) is 14.3. The molecule has 17 heavy (non-hydrogen) atoms. The van der Waals surface area contributed by atoms with Crippen LogP contribution in [0.4, 0.5) is 0 Å². The Hall–Kier alpha value is -0.650. The average molecular weight is 243 g/mol. The van der Waals surface area contributed by atoms with Crippen LogP contribution in [0.5, 0.6) is 0 Å². The Morgan fingerprint density at radius 1 is 1.47 bits per heavy atom. The molecule has 0 radical (unpaired) electrons. The predicted octanol–water partition coefficient (Wildman–Crippen LogP) is 0.720. The Labute approximate surface area is 103 Å². The van der Waals surface area contributed by atoms with Crippen molar-refractivity contribution in [2.45, 2.75) is 51.6 Å². The summed E-state index contributed by atoms with van der Waals surface area (Å²) < 4.78 is 0. The number of hydrogen-bond donors (Lipinski definition) is 3. The standard InChI is InChI=1S/C12H25N3O2/c1-11(2)8-9(12(3,4)15(11)17)10(16)14-7-5-6-13/h9,17H,5-8,13H2,1-4H3,(H,14,16). The van der Waals surface area contributed by atoms with E-state index in [1.807, 2.05) is 27.7 Å². The van der Waals surface area contributed by atoms with Gasteiger partial charge in [0.1, 0.15) is 0 Å². The molecule has 0 aromatic carbocycles. The van der Waals surface area contributed by atoms with E-state index in [1.54, 1.807) is 0 Å². The molecule has 100 valence electrons. The number of rotatable bonds is 4. The molecule has 0 aliphatic carbocycles. The first-order chi connectivity index (χ1) is 7.73. The van der Waals surface area contributed by atoms with Gasteiger partial charge in [0.15, 0.2) is 0 Å². The minimum atomic E-state index is -0.531. The molecule has 1 heterocycles. The van der Waals surface area contributed by atoms with Gasteiger partial charge in [0, 0.05) is 12.1 Å². The summed E-state index contributed by atoms with van der Waals surface area (Å²) >= 11 is 0. The van der Waals surface area contributed by atoms with Crippen molar-refractivity contribution >= 4 is 5.91 Å². The number of hydrogen-bond acceptors (Lipinski definition) is 4. The molecule has 1 amide bonds. The molecule has 0 saturated carbocycles. The summed E-state index contributed by atoms with van der Waals surface area (Å²) in [5.41, 5.74) is 4.49. The van der Waals surface area contributed by atoms with Crippen LogP contribution in [0, 0.1) is 5.92 Å². The maximum absolute atomic E-state index is 12.1. The molecule has 1 aliphatic heterocycles. The van der Waals surface area contributed by atoms with Crippen LogP contribution >= 0.6 is 0 Å². The summed E-state index contributed by atoms with van der Waals surface area (Å²) in [4.78, 5) is 12.1. The summed E-state index contributed by atoms with van der Waals surface area (Å²) in [5.74, 6) is -0.187. The number of nitrogens with zero attached hydrogens (tertiary/aromatic N) is 1. The SMILES string of the molecule is CC1(C)CC(C(=O)NCCCN)C(C)(C)N1O. The second-order valence-electron chi connectivity index (χ2n) is 5.97. The zero-order valence-electron chi connectivity index (χ0n) is 11.3. The number of hydroxylamine groups is 2. The van der Waals surface area contributed by atoms with E-state index in [9.17, 15) is 10.0 Å². The second-order valence-corrected chi connectivity index (χ2v) is 5.97. The molecular formula is C12H25N3O2. The summed E-state index contributed by atoms with van der Waals surface area (Å²) in [6, 6.07) is 0. The minimum absolute atomic E-state index is 0.00748. The third-order valence-electron chi connectivity index (χ3n) is 3.67. The van der Waals surface area contributed by atoms with E-state index in [4.69, 9.17) is 5.73 Å². The van der Waals surface area contributed by atoms with Crippen molar-refractivity contribution in [1.82, 2.24) is 10.4 Å². The molecule has 1 rings (SSSR count). The molecule has 4 N–H and O–H groups in total. The van der Waals surface area contributed by atoms with Crippen LogP contribution in [0.25, 0.3) is 0 Å². The van der Waals surface area contributed by atoms with Crippen LogP contribution in [-0.2, 0) is 4.79 Å². The molecule has 1 unspecified atom stereocenters. The fourth-order valence-electron chi connectivity index (χ4n) is 2.61. The fraction of sp³-hybridized carbons (Fsp3) is 0.917. The maximum atomic E-state index is 12.1. The van der Waals surface area contributed by atoms with Crippen LogP contribution in [-0.4, -0.2) is 40.3 Å². The average Bonchev–Trinajstić information content (AvgIpc) is 2.39. The topological polar surface area (TPSA) is 78.6 Å². The van der Waals surface area contributed by atoms with Crippen LogP contribution in [0.15, 0.2) is 0 Å². The van der Waals surface area contributed by atoms with Crippen LogP contribution in [0.3, 0.4) is 0 Å². The Bertz CT molecular complexity index is 289. The molecule has 0 spiro atoms. The van der Waals surface area contributed by atoms with Crippen molar-refractivity contribution in [3.05, 3.63) is 0 Å². The Balaban J connectivity index is 2.68. The van der Waals surface area contributed by atoms with Gasteiger partial charge in [-0.1, -0.05) is 0 Å². The second kappa shape index (κ2) is 4.92. The lowest BCUT2D eigenvalue weighted by Gasteiger charge is -2.35. The molecule has 0 aromatic heterocycles. The molecule has 1 fully saturated rings. The first-order valence-electron chi connectivity index (χ1n) is 6.20. The van der Waals surface area contributed by atoms with Gasteiger partial charge in [-0.25, -0.2) is 0 Å². The smallest absolute Gasteiger partial charge is 0.225 e. The van der Waals surface area contributed by atoms with Crippen molar-refractivity contribution in [3.63, 3.8) is 0 Å². The van der Waals surface area contributed by atoms with Crippen LogP contribution in [0.2, 0.25) is 0 Å². The van der Waals surface area contributed by atoms with E-state index in [-0.39, 0.29) is 17.4 Å². The van der Waals surface area contributed by atoms with E-state index in [2.05, 4.69) is 5.32 Å². The number of carbonyl (C=O) groups is 1. The molecule has 0 bridgehead atoms. The van der Waals surface area contributed by atoms with E-state index >= 15 is 0 Å². The molecule has 0 aromatic rings. The molecule has 1 saturated heterocycles. The van der Waals surface area contributed by atoms with Crippen molar-refractivity contribution in [2.75, 3.05) is 13.1 Å². The fourth-order valence-corrected chi connectivity index (χ4v) is 2.61. The normalized spacial score (nSPS) is 27.1. The van der Waals surface area contributed by atoms with Crippen LogP contribution < -0.4 is 11.1 Å². The largest absolute Gasteiger partial charge is 0.356 e. The van der Waals surface area contributed by atoms with Gasteiger partial charge in [-0.2, -0.15) is 5.06 Å². The van der Waals surface area contributed by atoms with E-state index in [0.29, 0.717) is 19.5 Å². The molecule has 1 atom stereocenters. The summed E-state index contributed by atoms with van der Waals surface area (Å²) in [6.07, 6.45) is 1.44. The number of amides is 1.